The Balaban J connectivity index is 2.35. The third kappa shape index (κ3) is 2.90. The summed E-state index contributed by atoms with van der Waals surface area (Å²) in [5.41, 5.74) is -0.340. The molecule has 22 heavy (non-hydrogen) atoms. The lowest BCUT2D eigenvalue weighted by Crippen LogP contribution is -2.36. The average molecular weight is 313 g/mol. The van der Waals surface area contributed by atoms with Crippen LogP contribution in [0.3, 0.4) is 0 Å². The molecule has 1 aromatic carbocycles. The van der Waals surface area contributed by atoms with Gasteiger partial charge in [-0.15, -0.1) is 0 Å². The van der Waals surface area contributed by atoms with Gasteiger partial charge in [0, 0.05) is 24.6 Å². The highest BCUT2D eigenvalue weighted by Gasteiger charge is 2.42. The molecule has 0 radical (unpaired) electrons. The maximum absolute atomic E-state index is 13.8. The fraction of sp³-hybridized carbons (Fsp3) is 0.357. The van der Waals surface area contributed by atoms with Crippen molar-refractivity contribution in [3.8, 4) is 0 Å². The van der Waals surface area contributed by atoms with Crippen LogP contribution in [0.25, 0.3) is 0 Å². The van der Waals surface area contributed by atoms with Crippen molar-refractivity contribution in [2.75, 3.05) is 13.7 Å². The third-order valence-electron chi connectivity index (χ3n) is 3.50. The minimum atomic E-state index is -1.62. The number of hydrogen-bond donors (Lipinski definition) is 1. The summed E-state index contributed by atoms with van der Waals surface area (Å²) < 4.78 is 31.3. The fourth-order valence-corrected chi connectivity index (χ4v) is 2.46. The molecule has 0 aromatic heterocycles. The molecule has 1 fully saturated rings. The number of carbonyl (C=O) groups is 3. The molecule has 1 amide bonds. The Labute approximate surface area is 124 Å². The van der Waals surface area contributed by atoms with Crippen molar-refractivity contribution in [2.24, 2.45) is 5.92 Å². The molecule has 1 aromatic rings. The molecule has 0 bridgehead atoms. The van der Waals surface area contributed by atoms with Crippen molar-refractivity contribution in [2.45, 2.75) is 12.5 Å². The zero-order chi connectivity index (χ0) is 16.4. The lowest BCUT2D eigenvalue weighted by Gasteiger charge is -2.25. The molecule has 0 saturated carbocycles. The summed E-state index contributed by atoms with van der Waals surface area (Å²) in [4.78, 5) is 35.8. The van der Waals surface area contributed by atoms with E-state index in [1.54, 1.807) is 0 Å². The van der Waals surface area contributed by atoms with E-state index >= 15 is 0 Å². The number of carboxylic acids is 1. The number of halogens is 2. The Kier molecular flexibility index (Phi) is 4.39. The summed E-state index contributed by atoms with van der Waals surface area (Å²) in [7, 11) is 1.16. The van der Waals surface area contributed by atoms with Gasteiger partial charge in [0.25, 0.3) is 0 Å². The third-order valence-corrected chi connectivity index (χ3v) is 3.50. The van der Waals surface area contributed by atoms with Crippen LogP contribution < -0.4 is 0 Å². The highest BCUT2D eigenvalue weighted by Crippen LogP contribution is 2.31. The van der Waals surface area contributed by atoms with Crippen LogP contribution in [0.4, 0.5) is 8.78 Å². The Hall–Kier alpha value is -2.51. The van der Waals surface area contributed by atoms with E-state index in [4.69, 9.17) is 0 Å². The monoisotopic (exact) mass is 313 g/mol. The number of carboxylic acid groups (broad SMARTS) is 1. The molecule has 2 unspecified atom stereocenters. The second kappa shape index (κ2) is 6.08. The van der Waals surface area contributed by atoms with Gasteiger partial charge in [-0.3, -0.25) is 9.59 Å². The molecule has 8 heteroatoms. The van der Waals surface area contributed by atoms with Crippen LogP contribution in [-0.2, 0) is 19.1 Å². The van der Waals surface area contributed by atoms with E-state index in [0.717, 1.165) is 24.1 Å². The van der Waals surface area contributed by atoms with Gasteiger partial charge in [-0.05, 0) is 6.07 Å². The van der Waals surface area contributed by atoms with Gasteiger partial charge >= 0.3 is 11.9 Å². The van der Waals surface area contributed by atoms with Gasteiger partial charge in [0.15, 0.2) is 6.04 Å². The summed E-state index contributed by atoms with van der Waals surface area (Å²) in [6, 6.07) is 0.807. The van der Waals surface area contributed by atoms with Crippen LogP contribution in [0.1, 0.15) is 18.0 Å². The molecule has 1 heterocycles. The maximum Gasteiger partial charge on any atom is 0.331 e. The molecule has 0 spiro atoms. The fourth-order valence-electron chi connectivity index (χ4n) is 2.46. The quantitative estimate of drug-likeness (QED) is 0.842. The first-order valence-electron chi connectivity index (χ1n) is 6.40. The first kappa shape index (κ1) is 15.9. The Morgan fingerprint density at radius 1 is 1.41 bits per heavy atom. The summed E-state index contributed by atoms with van der Waals surface area (Å²) in [5, 5.41) is 9.31. The number of benzene rings is 1. The Morgan fingerprint density at radius 2 is 2.09 bits per heavy atom. The first-order valence-corrected chi connectivity index (χ1v) is 6.40. The molecule has 2 atom stereocenters. The molecule has 2 rings (SSSR count). The van der Waals surface area contributed by atoms with E-state index in [-0.39, 0.29) is 18.5 Å². The lowest BCUT2D eigenvalue weighted by molar-refractivity contribution is -0.149. The van der Waals surface area contributed by atoms with Gasteiger partial charge in [-0.25, -0.2) is 13.6 Å². The van der Waals surface area contributed by atoms with Crippen molar-refractivity contribution >= 4 is 17.8 Å². The lowest BCUT2D eigenvalue weighted by atomic mass is 10.0. The maximum atomic E-state index is 13.8. The molecule has 1 saturated heterocycles. The van der Waals surface area contributed by atoms with Gasteiger partial charge in [-0.2, -0.15) is 0 Å². The number of nitrogens with zero attached hydrogens (tertiary/aromatic N) is 1. The van der Waals surface area contributed by atoms with Crippen molar-refractivity contribution in [1.29, 1.82) is 0 Å². The van der Waals surface area contributed by atoms with Crippen molar-refractivity contribution in [3.05, 3.63) is 35.4 Å². The number of ether oxygens (including phenoxy) is 1. The number of esters is 1. The number of rotatable bonds is 4. The molecule has 1 aliphatic heterocycles. The number of carbonyl (C=O) groups excluding carboxylic acids is 2. The number of hydrogen-bond acceptors (Lipinski definition) is 4. The van der Waals surface area contributed by atoms with Gasteiger partial charge in [-0.1, -0.05) is 6.07 Å². The van der Waals surface area contributed by atoms with Crippen LogP contribution in [0.15, 0.2) is 18.2 Å². The van der Waals surface area contributed by atoms with E-state index < -0.39 is 41.4 Å². The predicted octanol–water partition coefficient (Wildman–Crippen LogP) is 1.11. The summed E-state index contributed by atoms with van der Waals surface area (Å²) in [5.74, 6) is -5.44. The second-order valence-electron chi connectivity index (χ2n) is 4.88. The zero-order valence-corrected chi connectivity index (χ0v) is 11.6. The summed E-state index contributed by atoms with van der Waals surface area (Å²) >= 11 is 0. The predicted molar refractivity (Wildman–Crippen MR) is 68.6 cm³/mol. The van der Waals surface area contributed by atoms with Crippen LogP contribution in [0.5, 0.6) is 0 Å². The Bertz CT molecular complexity index is 634. The molecular formula is C14H13F2NO5. The van der Waals surface area contributed by atoms with E-state index in [9.17, 15) is 28.3 Å². The highest BCUT2D eigenvalue weighted by molar-refractivity contribution is 5.90. The SMILES string of the molecule is COC(=O)C1CC(=O)N(C(C(=O)O)c2ccc(F)cc2F)C1. The smallest absolute Gasteiger partial charge is 0.331 e. The summed E-state index contributed by atoms with van der Waals surface area (Å²) in [6.45, 7) is -0.195. The molecule has 0 aliphatic carbocycles. The van der Waals surface area contributed by atoms with E-state index in [2.05, 4.69) is 4.74 Å². The zero-order valence-electron chi connectivity index (χ0n) is 11.6. The van der Waals surface area contributed by atoms with Gasteiger partial charge in [0.05, 0.1) is 13.0 Å². The van der Waals surface area contributed by atoms with Crippen LogP contribution in [0.2, 0.25) is 0 Å². The van der Waals surface area contributed by atoms with Gasteiger partial charge in [0.1, 0.15) is 11.6 Å². The van der Waals surface area contributed by atoms with Crippen LogP contribution in [0, 0.1) is 17.6 Å². The van der Waals surface area contributed by atoms with Gasteiger partial charge in [0.2, 0.25) is 5.91 Å². The topological polar surface area (TPSA) is 83.9 Å². The number of amides is 1. The molecule has 1 N–H and O–H groups in total. The van der Waals surface area contributed by atoms with Gasteiger partial charge < -0.3 is 14.7 Å². The minimum absolute atomic E-state index is 0.195. The van der Waals surface area contributed by atoms with Crippen LogP contribution in [-0.4, -0.2) is 41.5 Å². The molecular weight excluding hydrogens is 300 g/mol. The molecule has 1 aliphatic rings. The highest BCUT2D eigenvalue weighted by atomic mass is 19.1. The number of likely N-dealkylation sites (tertiary alicyclic amines) is 1. The van der Waals surface area contributed by atoms with E-state index in [0.29, 0.717) is 6.07 Å². The van der Waals surface area contributed by atoms with E-state index in [1.807, 2.05) is 0 Å². The van der Waals surface area contributed by atoms with Crippen molar-refractivity contribution in [3.63, 3.8) is 0 Å². The van der Waals surface area contributed by atoms with Crippen molar-refractivity contribution < 1.29 is 33.0 Å². The average Bonchev–Trinajstić information content (AvgIpc) is 2.82. The number of methoxy groups -OCH3 is 1. The largest absolute Gasteiger partial charge is 0.479 e. The summed E-state index contributed by atoms with van der Waals surface area (Å²) in [6.07, 6.45) is -0.209. The normalized spacial score (nSPS) is 19.1. The second-order valence-corrected chi connectivity index (χ2v) is 4.88. The molecule has 118 valence electrons. The molecule has 6 nitrogen and oxygen atoms in total. The van der Waals surface area contributed by atoms with Crippen LogP contribution >= 0.6 is 0 Å². The number of aliphatic carboxylic acids is 1. The first-order chi connectivity index (χ1) is 10.3. The van der Waals surface area contributed by atoms with Crippen molar-refractivity contribution in [1.82, 2.24) is 4.90 Å². The minimum Gasteiger partial charge on any atom is -0.479 e. The van der Waals surface area contributed by atoms with E-state index in [1.165, 1.54) is 0 Å². The Morgan fingerprint density at radius 3 is 2.64 bits per heavy atom. The standard InChI is InChI=1S/C14H13F2NO5/c1-22-14(21)7-4-11(18)17(6-7)12(13(19)20)9-3-2-8(15)5-10(9)16/h2-3,5,7,12H,4,6H2,1H3,(H,19,20).